The number of pyridine rings is 2. The molecular formula is C24H23N5O3. The summed E-state index contributed by atoms with van der Waals surface area (Å²) < 4.78 is 12.8. The van der Waals surface area contributed by atoms with Crippen LogP contribution in [0.25, 0.3) is 22.2 Å². The minimum absolute atomic E-state index is 0.0383. The second-order valence-corrected chi connectivity index (χ2v) is 7.77. The molecule has 0 fully saturated rings. The van der Waals surface area contributed by atoms with E-state index >= 15 is 0 Å². The van der Waals surface area contributed by atoms with Gasteiger partial charge in [0.15, 0.2) is 23.8 Å². The van der Waals surface area contributed by atoms with Gasteiger partial charge in [-0.3, -0.25) is 9.48 Å². The van der Waals surface area contributed by atoms with E-state index in [9.17, 15) is 4.79 Å². The van der Waals surface area contributed by atoms with Gasteiger partial charge in [0.1, 0.15) is 0 Å². The molecule has 8 heteroatoms. The third-order valence-corrected chi connectivity index (χ3v) is 5.63. The van der Waals surface area contributed by atoms with Gasteiger partial charge in [0.25, 0.3) is 5.91 Å². The molecule has 0 bridgehead atoms. The first kappa shape index (κ1) is 20.0. The Morgan fingerprint density at radius 3 is 2.75 bits per heavy atom. The summed E-state index contributed by atoms with van der Waals surface area (Å²) in [5, 5.41) is 5.18. The van der Waals surface area contributed by atoms with E-state index in [1.807, 2.05) is 48.7 Å². The number of benzene rings is 1. The Balaban J connectivity index is 1.33. The summed E-state index contributed by atoms with van der Waals surface area (Å²) in [6.45, 7) is 1.07. The number of nitrogens with zero attached hydrogens (tertiary/aromatic N) is 5. The molecule has 1 amide bonds. The number of ether oxygens (including phenoxy) is 2. The second kappa shape index (κ2) is 8.30. The smallest absolute Gasteiger partial charge is 0.260 e. The molecule has 162 valence electrons. The Kier molecular flexibility index (Phi) is 5.18. The van der Waals surface area contributed by atoms with Crippen LogP contribution in [0.3, 0.4) is 0 Å². The van der Waals surface area contributed by atoms with Crippen LogP contribution >= 0.6 is 0 Å². The molecule has 1 aliphatic heterocycles. The van der Waals surface area contributed by atoms with Crippen LogP contribution in [0.2, 0.25) is 0 Å². The van der Waals surface area contributed by atoms with Crippen LogP contribution in [-0.4, -0.2) is 50.8 Å². The lowest BCUT2D eigenvalue weighted by molar-refractivity contribution is -0.134. The molecule has 5 rings (SSSR count). The number of hydrogen-bond acceptors (Lipinski definition) is 6. The van der Waals surface area contributed by atoms with Crippen LogP contribution in [-0.2, 0) is 24.8 Å². The summed E-state index contributed by atoms with van der Waals surface area (Å²) in [5.41, 5.74) is 4.75. The lowest BCUT2D eigenvalue weighted by Gasteiger charge is -2.28. The summed E-state index contributed by atoms with van der Waals surface area (Å²) in [6.07, 6.45) is 6.29. The van der Waals surface area contributed by atoms with Gasteiger partial charge in [-0.1, -0.05) is 12.1 Å². The molecule has 1 aliphatic rings. The number of carbonyl (C=O) groups is 1. The number of methoxy groups -OCH3 is 1. The van der Waals surface area contributed by atoms with Crippen molar-refractivity contribution in [3.05, 3.63) is 66.2 Å². The molecule has 0 saturated carbocycles. The van der Waals surface area contributed by atoms with Crippen molar-refractivity contribution in [1.29, 1.82) is 0 Å². The van der Waals surface area contributed by atoms with Crippen LogP contribution < -0.4 is 9.47 Å². The van der Waals surface area contributed by atoms with Gasteiger partial charge in [-0.25, -0.2) is 9.97 Å². The van der Waals surface area contributed by atoms with Crippen molar-refractivity contribution in [1.82, 2.24) is 24.6 Å². The van der Waals surface area contributed by atoms with E-state index in [1.165, 1.54) is 0 Å². The van der Waals surface area contributed by atoms with E-state index in [-0.39, 0.29) is 12.5 Å². The fourth-order valence-corrected chi connectivity index (χ4v) is 3.93. The van der Waals surface area contributed by atoms with Gasteiger partial charge < -0.3 is 14.4 Å². The van der Waals surface area contributed by atoms with E-state index in [4.69, 9.17) is 14.5 Å². The number of hydrogen-bond donors (Lipinski definition) is 0. The number of aryl methyl sites for hydroxylation is 1. The van der Waals surface area contributed by atoms with E-state index < -0.39 is 0 Å². The third-order valence-electron chi connectivity index (χ3n) is 5.63. The molecule has 4 aromatic rings. The fourth-order valence-electron chi connectivity index (χ4n) is 3.93. The molecule has 0 spiro atoms. The predicted octanol–water partition coefficient (Wildman–Crippen LogP) is 3.00. The molecule has 3 aromatic heterocycles. The number of aromatic nitrogens is 4. The maximum Gasteiger partial charge on any atom is 0.260 e. The van der Waals surface area contributed by atoms with Gasteiger partial charge in [0.05, 0.1) is 13.3 Å². The molecule has 0 aliphatic carbocycles. The van der Waals surface area contributed by atoms with Crippen LogP contribution in [0, 0.1) is 0 Å². The maximum atomic E-state index is 12.8. The largest absolute Gasteiger partial charge is 0.493 e. The highest BCUT2D eigenvalue weighted by molar-refractivity contribution is 5.82. The zero-order valence-corrected chi connectivity index (χ0v) is 18.0. The molecule has 4 heterocycles. The quantitative estimate of drug-likeness (QED) is 0.485. The van der Waals surface area contributed by atoms with E-state index in [1.54, 1.807) is 17.9 Å². The first-order chi connectivity index (χ1) is 15.6. The Morgan fingerprint density at radius 1 is 1.12 bits per heavy atom. The molecule has 0 radical (unpaired) electrons. The second-order valence-electron chi connectivity index (χ2n) is 7.77. The molecule has 0 N–H and O–H groups in total. The number of fused-ring (bicyclic) bond motifs is 2. The van der Waals surface area contributed by atoms with Gasteiger partial charge in [-0.2, -0.15) is 5.10 Å². The summed E-state index contributed by atoms with van der Waals surface area (Å²) in [7, 11) is 3.47. The van der Waals surface area contributed by atoms with Crippen molar-refractivity contribution in [2.45, 2.75) is 13.0 Å². The first-order valence-electron chi connectivity index (χ1n) is 10.4. The highest BCUT2D eigenvalue weighted by Gasteiger charge is 2.23. The standard InChI is InChI=1S/C24H23N5O3/c1-28-13-19(12-26-28)17-9-16-10-18-14-29(8-7-20(18)27-24(16)25-11-17)23(30)15-32-22-6-4-3-5-21(22)31-2/h3-6,9-13H,7-8,14-15H2,1-2H3. The van der Waals surface area contributed by atoms with Gasteiger partial charge in [-0.05, 0) is 29.8 Å². The van der Waals surface area contributed by atoms with E-state index in [0.717, 1.165) is 33.4 Å². The Morgan fingerprint density at radius 2 is 1.97 bits per heavy atom. The molecule has 8 nitrogen and oxygen atoms in total. The lowest BCUT2D eigenvalue weighted by Crippen LogP contribution is -2.39. The van der Waals surface area contributed by atoms with Gasteiger partial charge >= 0.3 is 0 Å². The average Bonchev–Trinajstić information content (AvgIpc) is 3.26. The highest BCUT2D eigenvalue weighted by Crippen LogP contribution is 2.27. The van der Waals surface area contributed by atoms with Crippen LogP contribution in [0.4, 0.5) is 0 Å². The maximum absolute atomic E-state index is 12.8. The van der Waals surface area contributed by atoms with Gasteiger partial charge in [0.2, 0.25) is 0 Å². The number of rotatable bonds is 5. The molecular weight excluding hydrogens is 406 g/mol. The summed E-state index contributed by atoms with van der Waals surface area (Å²) >= 11 is 0. The Hall–Kier alpha value is -3.94. The molecule has 0 atom stereocenters. The SMILES string of the molecule is COc1ccccc1OCC(=O)N1CCc2nc3ncc(-c4cnn(C)c4)cc3cc2C1. The molecule has 1 aromatic carbocycles. The zero-order valence-electron chi connectivity index (χ0n) is 18.0. The highest BCUT2D eigenvalue weighted by atomic mass is 16.5. The molecule has 0 unspecified atom stereocenters. The predicted molar refractivity (Wildman–Crippen MR) is 119 cm³/mol. The summed E-state index contributed by atoms with van der Waals surface area (Å²) in [5.74, 6) is 1.10. The number of amides is 1. The van der Waals surface area contributed by atoms with Crippen LogP contribution in [0.5, 0.6) is 11.5 Å². The molecule has 0 saturated heterocycles. The minimum Gasteiger partial charge on any atom is -0.493 e. The third kappa shape index (κ3) is 3.87. The minimum atomic E-state index is -0.0658. The average molecular weight is 429 g/mol. The van der Waals surface area contributed by atoms with Crippen molar-refractivity contribution < 1.29 is 14.3 Å². The fraction of sp³-hybridized carbons (Fsp3) is 0.250. The zero-order chi connectivity index (χ0) is 22.1. The molecule has 32 heavy (non-hydrogen) atoms. The topological polar surface area (TPSA) is 82.4 Å². The lowest BCUT2D eigenvalue weighted by atomic mass is 10.0. The van der Waals surface area contributed by atoms with Gasteiger partial charge in [-0.15, -0.1) is 0 Å². The van der Waals surface area contributed by atoms with Gasteiger partial charge in [0, 0.05) is 61.2 Å². The first-order valence-corrected chi connectivity index (χ1v) is 10.4. The Bertz CT molecular complexity index is 1300. The normalized spacial score (nSPS) is 13.1. The van der Waals surface area contributed by atoms with E-state index in [0.29, 0.717) is 31.0 Å². The number of para-hydroxylation sites is 2. The summed E-state index contributed by atoms with van der Waals surface area (Å²) in [6, 6.07) is 11.5. The van der Waals surface area contributed by atoms with Crippen LogP contribution in [0.15, 0.2) is 55.0 Å². The monoisotopic (exact) mass is 429 g/mol. The van der Waals surface area contributed by atoms with Crippen molar-refractivity contribution in [2.75, 3.05) is 20.3 Å². The van der Waals surface area contributed by atoms with Crippen molar-refractivity contribution in [3.8, 4) is 22.6 Å². The van der Waals surface area contributed by atoms with E-state index in [2.05, 4.69) is 22.2 Å². The van der Waals surface area contributed by atoms with Crippen molar-refractivity contribution in [2.24, 2.45) is 7.05 Å². The van der Waals surface area contributed by atoms with Crippen molar-refractivity contribution in [3.63, 3.8) is 0 Å². The van der Waals surface area contributed by atoms with Crippen molar-refractivity contribution >= 4 is 16.9 Å². The Labute approximate surface area is 185 Å². The summed E-state index contributed by atoms with van der Waals surface area (Å²) in [4.78, 5) is 23.9. The van der Waals surface area contributed by atoms with Crippen LogP contribution in [0.1, 0.15) is 11.3 Å². The number of carbonyl (C=O) groups excluding carboxylic acids is 1.